The SMILES string of the molecule is CC(C)Nc1cc(-n2ccc3cc(C#N)cnc32)ncc1C(=O)NC1CCC(F)(c2nccn2C)CC1. The molecule has 0 atom stereocenters. The molecule has 1 aliphatic carbocycles. The predicted molar refractivity (Wildman–Crippen MR) is 138 cm³/mol. The van der Waals surface area contributed by atoms with Gasteiger partial charge in [0, 0.05) is 61.6 Å². The third-order valence-electron chi connectivity index (χ3n) is 6.82. The van der Waals surface area contributed by atoms with Crippen molar-refractivity contribution >= 4 is 22.6 Å². The summed E-state index contributed by atoms with van der Waals surface area (Å²) in [7, 11) is 1.80. The van der Waals surface area contributed by atoms with Gasteiger partial charge in [-0.3, -0.25) is 9.36 Å². The standard InChI is InChI=1S/C27H29FN8O/c1-17(2)33-22-13-23(36-10-6-19-12-18(14-29)15-32-24(19)36)31-16-21(22)25(37)34-20-4-7-27(28,8-5-20)26-30-9-11-35(26)3/h6,9-13,15-17,20H,4-5,7-8H2,1-3H3,(H,31,33)(H,34,37). The van der Waals surface area contributed by atoms with Crippen LogP contribution in [-0.2, 0) is 12.7 Å². The quantitative estimate of drug-likeness (QED) is 0.406. The number of imidazole rings is 1. The Morgan fingerprint density at radius 1 is 1.19 bits per heavy atom. The van der Waals surface area contributed by atoms with Gasteiger partial charge in [0.15, 0.2) is 5.67 Å². The maximum Gasteiger partial charge on any atom is 0.255 e. The molecule has 9 nitrogen and oxygen atoms in total. The molecule has 0 saturated heterocycles. The van der Waals surface area contributed by atoms with Crippen molar-refractivity contribution in [3.05, 3.63) is 66.1 Å². The fraction of sp³-hybridized carbons (Fsp3) is 0.370. The first kappa shape index (κ1) is 24.4. The van der Waals surface area contributed by atoms with Gasteiger partial charge in [0.25, 0.3) is 5.91 Å². The van der Waals surface area contributed by atoms with E-state index in [9.17, 15) is 4.79 Å². The number of aromatic nitrogens is 5. The zero-order chi connectivity index (χ0) is 26.2. The highest BCUT2D eigenvalue weighted by Gasteiger charge is 2.40. The molecule has 0 unspecified atom stereocenters. The van der Waals surface area contributed by atoms with Crippen LogP contribution in [0.2, 0.25) is 0 Å². The number of anilines is 1. The molecule has 37 heavy (non-hydrogen) atoms. The maximum atomic E-state index is 15.5. The van der Waals surface area contributed by atoms with Crippen LogP contribution in [0.15, 0.2) is 49.2 Å². The number of alkyl halides is 1. The van der Waals surface area contributed by atoms with E-state index >= 15 is 4.39 Å². The number of pyridine rings is 2. The van der Waals surface area contributed by atoms with Crippen LogP contribution < -0.4 is 10.6 Å². The van der Waals surface area contributed by atoms with Crippen molar-refractivity contribution in [3.8, 4) is 11.9 Å². The summed E-state index contributed by atoms with van der Waals surface area (Å²) < 4.78 is 19.1. The van der Waals surface area contributed by atoms with Crippen LogP contribution in [0, 0.1) is 11.3 Å². The zero-order valence-electron chi connectivity index (χ0n) is 21.1. The van der Waals surface area contributed by atoms with Crippen LogP contribution in [-0.4, -0.2) is 42.1 Å². The van der Waals surface area contributed by atoms with Gasteiger partial charge in [0.1, 0.15) is 23.4 Å². The Balaban J connectivity index is 1.35. The lowest BCUT2D eigenvalue weighted by atomic mass is 9.82. The molecule has 5 rings (SSSR count). The van der Waals surface area contributed by atoms with E-state index in [1.807, 2.05) is 36.7 Å². The molecular weight excluding hydrogens is 471 g/mol. The second kappa shape index (κ2) is 9.65. The van der Waals surface area contributed by atoms with Gasteiger partial charge < -0.3 is 15.2 Å². The Bertz CT molecular complexity index is 1490. The number of nitrogens with zero attached hydrogens (tertiary/aromatic N) is 6. The first-order chi connectivity index (χ1) is 17.8. The number of nitrogens with one attached hydrogen (secondary N) is 2. The first-order valence-electron chi connectivity index (χ1n) is 12.4. The lowest BCUT2D eigenvalue weighted by Gasteiger charge is -2.33. The molecule has 0 aromatic carbocycles. The summed E-state index contributed by atoms with van der Waals surface area (Å²) in [4.78, 5) is 26.5. The second-order valence-electron chi connectivity index (χ2n) is 9.90. The molecule has 1 fully saturated rings. The number of hydrogen-bond donors (Lipinski definition) is 2. The Hall–Kier alpha value is -4.26. The topological polar surface area (TPSA) is 113 Å². The number of carbonyl (C=O) groups is 1. The Morgan fingerprint density at radius 3 is 2.65 bits per heavy atom. The van der Waals surface area contributed by atoms with Crippen molar-refractivity contribution in [3.63, 3.8) is 0 Å². The van der Waals surface area contributed by atoms with Crippen LogP contribution in [0.4, 0.5) is 10.1 Å². The van der Waals surface area contributed by atoms with E-state index in [0.717, 1.165) is 5.39 Å². The van der Waals surface area contributed by atoms with E-state index in [1.54, 1.807) is 36.3 Å². The van der Waals surface area contributed by atoms with E-state index in [4.69, 9.17) is 5.26 Å². The average Bonchev–Trinajstić information content (AvgIpc) is 3.51. The lowest BCUT2D eigenvalue weighted by molar-refractivity contribution is 0.0706. The summed E-state index contributed by atoms with van der Waals surface area (Å²) in [6.07, 6.45) is 9.95. The lowest BCUT2D eigenvalue weighted by Crippen LogP contribution is -2.41. The van der Waals surface area contributed by atoms with Crippen molar-refractivity contribution in [2.75, 3.05) is 5.32 Å². The highest BCUT2D eigenvalue weighted by Crippen LogP contribution is 2.40. The summed E-state index contributed by atoms with van der Waals surface area (Å²) in [5.41, 5.74) is 0.754. The normalized spacial score (nSPS) is 19.6. The molecule has 0 spiro atoms. The van der Waals surface area contributed by atoms with Gasteiger partial charge in [-0.1, -0.05) is 0 Å². The van der Waals surface area contributed by atoms with Gasteiger partial charge in [0.2, 0.25) is 0 Å². The van der Waals surface area contributed by atoms with Crippen LogP contribution >= 0.6 is 0 Å². The highest BCUT2D eigenvalue weighted by atomic mass is 19.1. The van der Waals surface area contributed by atoms with Crippen molar-refractivity contribution in [2.45, 2.75) is 57.3 Å². The van der Waals surface area contributed by atoms with Gasteiger partial charge in [0.05, 0.1) is 16.8 Å². The number of fused-ring (bicyclic) bond motifs is 1. The van der Waals surface area contributed by atoms with E-state index in [2.05, 4.69) is 31.7 Å². The highest BCUT2D eigenvalue weighted by molar-refractivity contribution is 5.99. The van der Waals surface area contributed by atoms with Crippen LogP contribution in [0.3, 0.4) is 0 Å². The molecule has 4 aromatic rings. The summed E-state index contributed by atoms with van der Waals surface area (Å²) in [5, 5.41) is 16.4. The van der Waals surface area contributed by atoms with Crippen molar-refractivity contribution in [1.29, 1.82) is 5.26 Å². The summed E-state index contributed by atoms with van der Waals surface area (Å²) in [6, 6.07) is 7.53. The fourth-order valence-corrected chi connectivity index (χ4v) is 4.96. The average molecular weight is 501 g/mol. The van der Waals surface area contributed by atoms with Crippen LogP contribution in [0.5, 0.6) is 0 Å². The van der Waals surface area contributed by atoms with E-state index in [1.165, 1.54) is 6.20 Å². The fourth-order valence-electron chi connectivity index (χ4n) is 4.96. The van der Waals surface area contributed by atoms with E-state index in [0.29, 0.717) is 59.8 Å². The monoisotopic (exact) mass is 500 g/mol. The number of rotatable bonds is 6. The molecule has 1 amide bonds. The van der Waals surface area contributed by atoms with Gasteiger partial charge in [-0.2, -0.15) is 5.26 Å². The maximum absolute atomic E-state index is 15.5. The van der Waals surface area contributed by atoms with Crippen LogP contribution in [0.1, 0.15) is 61.3 Å². The van der Waals surface area contributed by atoms with Gasteiger partial charge >= 0.3 is 0 Å². The van der Waals surface area contributed by atoms with Crippen molar-refractivity contribution in [2.24, 2.45) is 7.05 Å². The Kier molecular flexibility index (Phi) is 6.38. The number of carbonyl (C=O) groups excluding carboxylic acids is 1. The minimum atomic E-state index is -1.48. The minimum Gasteiger partial charge on any atom is -0.382 e. The third-order valence-corrected chi connectivity index (χ3v) is 6.82. The third kappa shape index (κ3) is 4.77. The molecule has 0 radical (unpaired) electrons. The number of halogens is 1. The van der Waals surface area contributed by atoms with Crippen molar-refractivity contribution in [1.82, 2.24) is 29.4 Å². The molecular formula is C27H29FN8O. The second-order valence-corrected chi connectivity index (χ2v) is 9.90. The smallest absolute Gasteiger partial charge is 0.255 e. The largest absolute Gasteiger partial charge is 0.382 e. The molecule has 2 N–H and O–H groups in total. The van der Waals surface area contributed by atoms with E-state index in [-0.39, 0.29) is 18.0 Å². The molecule has 0 bridgehead atoms. The predicted octanol–water partition coefficient (Wildman–Crippen LogP) is 4.38. The molecule has 190 valence electrons. The van der Waals surface area contributed by atoms with Gasteiger partial charge in [-0.05, 0) is 51.7 Å². The van der Waals surface area contributed by atoms with Crippen molar-refractivity contribution < 1.29 is 9.18 Å². The zero-order valence-corrected chi connectivity index (χ0v) is 21.1. The number of amides is 1. The number of hydrogen-bond acceptors (Lipinski definition) is 6. The molecule has 10 heteroatoms. The van der Waals surface area contributed by atoms with Crippen LogP contribution in [0.25, 0.3) is 16.9 Å². The van der Waals surface area contributed by atoms with Gasteiger partial charge in [-0.15, -0.1) is 0 Å². The molecule has 1 saturated carbocycles. The summed E-state index contributed by atoms with van der Waals surface area (Å²) in [5.74, 6) is 0.794. The number of aryl methyl sites for hydroxylation is 1. The van der Waals surface area contributed by atoms with E-state index < -0.39 is 5.67 Å². The number of nitriles is 1. The first-order valence-corrected chi connectivity index (χ1v) is 12.4. The summed E-state index contributed by atoms with van der Waals surface area (Å²) >= 11 is 0. The Morgan fingerprint density at radius 2 is 1.97 bits per heavy atom. The molecule has 1 aliphatic rings. The molecule has 4 heterocycles. The van der Waals surface area contributed by atoms with Gasteiger partial charge in [-0.25, -0.2) is 19.3 Å². The Labute approximate surface area is 214 Å². The summed E-state index contributed by atoms with van der Waals surface area (Å²) in [6.45, 7) is 3.99. The minimum absolute atomic E-state index is 0.0825. The molecule has 0 aliphatic heterocycles. The molecule has 4 aromatic heterocycles.